The van der Waals surface area contributed by atoms with E-state index >= 15 is 0 Å². The highest BCUT2D eigenvalue weighted by Crippen LogP contribution is 2.39. The maximum atomic E-state index is 5.09. The van der Waals surface area contributed by atoms with E-state index in [4.69, 9.17) is 9.97 Å². The Balaban J connectivity index is 0.998. The van der Waals surface area contributed by atoms with Crippen molar-refractivity contribution in [2.45, 2.75) is 0 Å². The van der Waals surface area contributed by atoms with Crippen molar-refractivity contribution < 1.29 is 0 Å². The Morgan fingerprint density at radius 3 is 1.37 bits per heavy atom. The first kappa shape index (κ1) is 34.0. The standard InChI is InChI=1S/C56H36N4/c1-3-15-38(16-4-1)49-36-50(39-17-5-2-6-18-39)58-56(57-49)40-26-30-43(31-27-40)59-52-23-11-9-21-45(52)47-32-28-41(34-54(47)59)42-29-33-48-46-22-10-12-24-53(46)60(55(48)35-42)51-25-13-19-37-14-7-8-20-44(37)51/h1-36H. The Morgan fingerprint density at radius 1 is 0.283 bits per heavy atom. The monoisotopic (exact) mass is 764 g/mol. The summed E-state index contributed by atoms with van der Waals surface area (Å²) in [5.41, 5.74) is 14.2. The van der Waals surface area contributed by atoms with Crippen LogP contribution in [0, 0.1) is 0 Å². The minimum atomic E-state index is 0.697. The molecule has 0 atom stereocenters. The van der Waals surface area contributed by atoms with E-state index in [0.29, 0.717) is 5.82 Å². The molecule has 0 spiro atoms. The zero-order valence-electron chi connectivity index (χ0n) is 32.6. The number of benzene rings is 9. The number of hydrogen-bond donors (Lipinski definition) is 0. The van der Waals surface area contributed by atoms with Crippen LogP contribution >= 0.6 is 0 Å². The van der Waals surface area contributed by atoms with Crippen molar-refractivity contribution in [1.29, 1.82) is 0 Å². The summed E-state index contributed by atoms with van der Waals surface area (Å²) in [6.07, 6.45) is 0. The molecule has 0 aliphatic carbocycles. The van der Waals surface area contributed by atoms with Gasteiger partial charge in [0.25, 0.3) is 0 Å². The van der Waals surface area contributed by atoms with Gasteiger partial charge in [0.15, 0.2) is 5.82 Å². The third-order valence-corrected chi connectivity index (χ3v) is 11.9. The van der Waals surface area contributed by atoms with Gasteiger partial charge >= 0.3 is 0 Å². The molecule has 4 nitrogen and oxygen atoms in total. The zero-order valence-corrected chi connectivity index (χ0v) is 32.6. The Kier molecular flexibility index (Phi) is 7.82. The fourth-order valence-electron chi connectivity index (χ4n) is 9.09. The van der Waals surface area contributed by atoms with E-state index < -0.39 is 0 Å². The van der Waals surface area contributed by atoms with Gasteiger partial charge in [0, 0.05) is 49.3 Å². The van der Waals surface area contributed by atoms with E-state index in [2.05, 4.69) is 215 Å². The summed E-state index contributed by atoms with van der Waals surface area (Å²) in [5.74, 6) is 0.697. The maximum absolute atomic E-state index is 5.09. The summed E-state index contributed by atoms with van der Waals surface area (Å²) >= 11 is 0. The van der Waals surface area contributed by atoms with Gasteiger partial charge in [-0.2, -0.15) is 0 Å². The molecule has 60 heavy (non-hydrogen) atoms. The van der Waals surface area contributed by atoms with E-state index in [1.807, 2.05) is 12.1 Å². The molecule has 0 saturated carbocycles. The molecule has 3 heterocycles. The van der Waals surface area contributed by atoms with Crippen LogP contribution in [-0.4, -0.2) is 19.1 Å². The highest BCUT2D eigenvalue weighted by Gasteiger charge is 2.18. The molecule has 4 heteroatoms. The van der Waals surface area contributed by atoms with Gasteiger partial charge in [-0.25, -0.2) is 9.97 Å². The van der Waals surface area contributed by atoms with Crippen molar-refractivity contribution >= 4 is 54.4 Å². The van der Waals surface area contributed by atoms with Gasteiger partial charge in [-0.05, 0) is 77.2 Å². The van der Waals surface area contributed by atoms with Crippen molar-refractivity contribution in [3.05, 3.63) is 218 Å². The molecule has 0 saturated heterocycles. The Bertz CT molecular complexity index is 3520. The summed E-state index contributed by atoms with van der Waals surface area (Å²) in [6.45, 7) is 0. The first-order chi connectivity index (χ1) is 29.7. The molecule has 280 valence electrons. The number of rotatable bonds is 6. The fraction of sp³-hybridized carbons (Fsp3) is 0. The van der Waals surface area contributed by atoms with Gasteiger partial charge < -0.3 is 9.13 Å². The molecule has 9 aromatic carbocycles. The fourth-order valence-corrected chi connectivity index (χ4v) is 9.09. The van der Waals surface area contributed by atoms with Gasteiger partial charge in [-0.1, -0.05) is 158 Å². The minimum Gasteiger partial charge on any atom is -0.309 e. The second kappa shape index (κ2) is 13.8. The molecule has 0 bridgehead atoms. The van der Waals surface area contributed by atoms with Gasteiger partial charge in [-0.15, -0.1) is 0 Å². The number of aromatic nitrogens is 4. The molecule has 0 fully saturated rings. The lowest BCUT2D eigenvalue weighted by atomic mass is 10.0. The molecule has 0 radical (unpaired) electrons. The van der Waals surface area contributed by atoms with Crippen molar-refractivity contribution in [2.24, 2.45) is 0 Å². The molecule has 0 aliphatic heterocycles. The Hall–Kier alpha value is -8.08. The molecule has 0 unspecified atom stereocenters. The topological polar surface area (TPSA) is 35.6 Å². The lowest BCUT2D eigenvalue weighted by Crippen LogP contribution is -1.97. The molecule has 0 N–H and O–H groups in total. The molecule has 0 aliphatic rings. The molecule has 3 aromatic heterocycles. The number of para-hydroxylation sites is 2. The summed E-state index contributed by atoms with van der Waals surface area (Å²) in [6, 6.07) is 78.0. The predicted octanol–water partition coefficient (Wildman–Crippen LogP) is 14.5. The van der Waals surface area contributed by atoms with Gasteiger partial charge in [-0.3, -0.25) is 0 Å². The van der Waals surface area contributed by atoms with Crippen molar-refractivity contribution in [2.75, 3.05) is 0 Å². The summed E-state index contributed by atoms with van der Waals surface area (Å²) in [7, 11) is 0. The smallest absolute Gasteiger partial charge is 0.160 e. The number of fused-ring (bicyclic) bond motifs is 7. The lowest BCUT2D eigenvalue weighted by molar-refractivity contribution is 1.16. The first-order valence-corrected chi connectivity index (χ1v) is 20.4. The van der Waals surface area contributed by atoms with Gasteiger partial charge in [0.05, 0.1) is 39.1 Å². The minimum absolute atomic E-state index is 0.697. The Morgan fingerprint density at radius 2 is 0.750 bits per heavy atom. The van der Waals surface area contributed by atoms with Crippen LogP contribution in [-0.2, 0) is 0 Å². The molecule has 12 aromatic rings. The van der Waals surface area contributed by atoms with E-state index in [0.717, 1.165) is 44.8 Å². The third kappa shape index (κ3) is 5.53. The van der Waals surface area contributed by atoms with Crippen LogP contribution in [0.3, 0.4) is 0 Å². The number of hydrogen-bond acceptors (Lipinski definition) is 2. The van der Waals surface area contributed by atoms with Gasteiger partial charge in [0.1, 0.15) is 0 Å². The summed E-state index contributed by atoms with van der Waals surface area (Å²) in [4.78, 5) is 10.2. The SMILES string of the molecule is c1ccc(-c2cc(-c3ccccc3)nc(-c3ccc(-n4c5ccccc5c5ccc(-c6ccc7c8ccccc8n(-c8cccc9ccccc89)c7c6)cc54)cc3)n2)cc1. The van der Waals surface area contributed by atoms with Crippen LogP contribution in [0.1, 0.15) is 0 Å². The van der Waals surface area contributed by atoms with E-state index in [1.54, 1.807) is 0 Å². The molecular formula is C56H36N4. The normalized spacial score (nSPS) is 11.7. The van der Waals surface area contributed by atoms with Crippen molar-refractivity contribution in [3.63, 3.8) is 0 Å². The van der Waals surface area contributed by atoms with E-state index in [-0.39, 0.29) is 0 Å². The van der Waals surface area contributed by atoms with Crippen LogP contribution in [0.4, 0.5) is 0 Å². The Labute approximate surface area is 346 Å². The number of nitrogens with zero attached hydrogens (tertiary/aromatic N) is 4. The van der Waals surface area contributed by atoms with Crippen LogP contribution in [0.15, 0.2) is 218 Å². The van der Waals surface area contributed by atoms with Crippen molar-refractivity contribution in [3.8, 4) is 56.4 Å². The molecule has 12 rings (SSSR count). The van der Waals surface area contributed by atoms with Crippen LogP contribution < -0.4 is 0 Å². The molecular weight excluding hydrogens is 729 g/mol. The van der Waals surface area contributed by atoms with Gasteiger partial charge in [0.2, 0.25) is 0 Å². The highest BCUT2D eigenvalue weighted by molar-refractivity contribution is 6.13. The predicted molar refractivity (Wildman–Crippen MR) is 250 cm³/mol. The first-order valence-electron chi connectivity index (χ1n) is 20.4. The molecule has 0 amide bonds. The average molecular weight is 765 g/mol. The highest BCUT2D eigenvalue weighted by atomic mass is 15.0. The summed E-state index contributed by atoms with van der Waals surface area (Å²) < 4.78 is 4.83. The zero-order chi connectivity index (χ0) is 39.6. The second-order valence-electron chi connectivity index (χ2n) is 15.4. The maximum Gasteiger partial charge on any atom is 0.160 e. The van der Waals surface area contributed by atoms with Crippen LogP contribution in [0.25, 0.3) is 111 Å². The third-order valence-electron chi connectivity index (χ3n) is 11.9. The largest absolute Gasteiger partial charge is 0.309 e. The quantitative estimate of drug-likeness (QED) is 0.169. The van der Waals surface area contributed by atoms with Crippen molar-refractivity contribution in [1.82, 2.24) is 19.1 Å². The van der Waals surface area contributed by atoms with E-state index in [1.165, 1.54) is 60.2 Å². The second-order valence-corrected chi connectivity index (χ2v) is 15.4. The lowest BCUT2D eigenvalue weighted by Gasteiger charge is -2.13. The van der Waals surface area contributed by atoms with Crippen LogP contribution in [0.5, 0.6) is 0 Å². The van der Waals surface area contributed by atoms with E-state index in [9.17, 15) is 0 Å². The average Bonchev–Trinajstić information content (AvgIpc) is 3.84. The summed E-state index contributed by atoms with van der Waals surface area (Å²) in [5, 5.41) is 7.40. The van der Waals surface area contributed by atoms with Crippen LogP contribution in [0.2, 0.25) is 0 Å².